The molecule has 142 valence electrons. The van der Waals surface area contributed by atoms with Gasteiger partial charge in [-0.3, -0.25) is 4.79 Å². The number of carbonyl (C=O) groups excluding carboxylic acids is 1. The Hall–Kier alpha value is -1.50. The maximum atomic E-state index is 12.0. The van der Waals surface area contributed by atoms with E-state index in [4.69, 9.17) is 14.2 Å². The van der Waals surface area contributed by atoms with Crippen LogP contribution in [0.15, 0.2) is 18.2 Å². The number of ether oxygens (including phenoxy) is 3. The van der Waals surface area contributed by atoms with Gasteiger partial charge in [0.2, 0.25) is 5.91 Å². The van der Waals surface area contributed by atoms with Crippen LogP contribution in [0.3, 0.4) is 0 Å². The lowest BCUT2D eigenvalue weighted by atomic mass is 10.1. The number of hydrogen-bond donors (Lipinski definition) is 2. The first kappa shape index (κ1) is 21.5. The SMILES string of the molecule is CCOc1ccc(CCNC(=O)CC2COCCN2)cc1OCC.Cl. The van der Waals surface area contributed by atoms with Crippen LogP contribution in [0.25, 0.3) is 0 Å². The lowest BCUT2D eigenvalue weighted by molar-refractivity contribution is -0.122. The molecule has 1 aromatic carbocycles. The van der Waals surface area contributed by atoms with Gasteiger partial charge in [0.1, 0.15) is 0 Å². The molecular formula is C18H29ClN2O4. The summed E-state index contributed by atoms with van der Waals surface area (Å²) in [6.45, 7) is 7.83. The van der Waals surface area contributed by atoms with Gasteiger partial charge >= 0.3 is 0 Å². The summed E-state index contributed by atoms with van der Waals surface area (Å²) in [6, 6.07) is 6.04. The van der Waals surface area contributed by atoms with E-state index in [1.54, 1.807) is 0 Å². The van der Waals surface area contributed by atoms with Crippen molar-refractivity contribution in [2.24, 2.45) is 0 Å². The molecule has 1 aliphatic heterocycles. The highest BCUT2D eigenvalue weighted by Crippen LogP contribution is 2.28. The molecular weight excluding hydrogens is 344 g/mol. The molecule has 0 radical (unpaired) electrons. The van der Waals surface area contributed by atoms with Crippen LogP contribution < -0.4 is 20.1 Å². The number of benzene rings is 1. The number of amides is 1. The van der Waals surface area contributed by atoms with E-state index in [9.17, 15) is 4.79 Å². The largest absolute Gasteiger partial charge is 0.490 e. The predicted octanol–water partition coefficient (Wildman–Crippen LogP) is 1.94. The van der Waals surface area contributed by atoms with Crippen molar-refractivity contribution < 1.29 is 19.0 Å². The second-order valence-corrected chi connectivity index (χ2v) is 5.68. The van der Waals surface area contributed by atoms with Crippen LogP contribution in [0.2, 0.25) is 0 Å². The molecule has 1 fully saturated rings. The van der Waals surface area contributed by atoms with E-state index >= 15 is 0 Å². The summed E-state index contributed by atoms with van der Waals surface area (Å²) in [5, 5.41) is 6.24. The molecule has 0 bridgehead atoms. The third kappa shape index (κ3) is 7.50. The molecule has 0 aliphatic carbocycles. The molecule has 1 aromatic rings. The fourth-order valence-electron chi connectivity index (χ4n) is 2.64. The van der Waals surface area contributed by atoms with Gasteiger partial charge in [0.15, 0.2) is 11.5 Å². The minimum atomic E-state index is 0. The van der Waals surface area contributed by atoms with Crippen molar-refractivity contribution in [3.05, 3.63) is 23.8 Å². The summed E-state index contributed by atoms with van der Waals surface area (Å²) in [5.41, 5.74) is 1.11. The van der Waals surface area contributed by atoms with E-state index in [0.29, 0.717) is 32.8 Å². The van der Waals surface area contributed by atoms with E-state index in [1.165, 1.54) is 0 Å². The molecule has 0 spiro atoms. The zero-order chi connectivity index (χ0) is 17.2. The number of nitrogens with one attached hydrogen (secondary N) is 2. The molecule has 0 aromatic heterocycles. The van der Waals surface area contributed by atoms with Crippen LogP contribution >= 0.6 is 12.4 Å². The van der Waals surface area contributed by atoms with Gasteiger partial charge in [0, 0.05) is 25.6 Å². The highest BCUT2D eigenvalue weighted by Gasteiger charge is 2.16. The van der Waals surface area contributed by atoms with Crippen LogP contribution in [0.1, 0.15) is 25.8 Å². The van der Waals surface area contributed by atoms with Crippen LogP contribution in [-0.2, 0) is 16.0 Å². The van der Waals surface area contributed by atoms with Crippen molar-refractivity contribution in [2.45, 2.75) is 32.7 Å². The summed E-state index contributed by atoms with van der Waals surface area (Å²) in [7, 11) is 0. The molecule has 1 atom stereocenters. The monoisotopic (exact) mass is 372 g/mol. The van der Waals surface area contributed by atoms with Crippen LogP contribution in [0.4, 0.5) is 0 Å². The third-order valence-corrected chi connectivity index (χ3v) is 3.77. The number of carbonyl (C=O) groups is 1. The number of hydrogen-bond acceptors (Lipinski definition) is 5. The maximum absolute atomic E-state index is 12.0. The molecule has 7 heteroatoms. The molecule has 1 amide bonds. The van der Waals surface area contributed by atoms with Crippen LogP contribution in [0, 0.1) is 0 Å². The molecule has 6 nitrogen and oxygen atoms in total. The summed E-state index contributed by atoms with van der Waals surface area (Å²) >= 11 is 0. The van der Waals surface area contributed by atoms with Crippen molar-refractivity contribution in [2.75, 3.05) is 39.5 Å². The van der Waals surface area contributed by atoms with E-state index in [0.717, 1.165) is 36.6 Å². The van der Waals surface area contributed by atoms with Gasteiger partial charge in [0.05, 0.1) is 26.4 Å². The lowest BCUT2D eigenvalue weighted by Gasteiger charge is -2.23. The van der Waals surface area contributed by atoms with Gasteiger partial charge in [-0.05, 0) is 38.0 Å². The van der Waals surface area contributed by atoms with Gasteiger partial charge in [-0.25, -0.2) is 0 Å². The first-order chi connectivity index (χ1) is 11.7. The fourth-order valence-corrected chi connectivity index (χ4v) is 2.64. The minimum Gasteiger partial charge on any atom is -0.490 e. The maximum Gasteiger partial charge on any atom is 0.221 e. The number of rotatable bonds is 9. The van der Waals surface area contributed by atoms with Gasteiger partial charge in [0.25, 0.3) is 0 Å². The molecule has 1 heterocycles. The van der Waals surface area contributed by atoms with Crippen molar-refractivity contribution in [1.82, 2.24) is 10.6 Å². The lowest BCUT2D eigenvalue weighted by Crippen LogP contribution is -2.44. The summed E-state index contributed by atoms with van der Waals surface area (Å²) in [5.74, 6) is 1.57. The Labute approximate surface area is 156 Å². The van der Waals surface area contributed by atoms with Gasteiger partial charge < -0.3 is 24.8 Å². The first-order valence-corrected chi connectivity index (χ1v) is 8.69. The highest BCUT2D eigenvalue weighted by molar-refractivity contribution is 5.85. The number of halogens is 1. The Balaban J connectivity index is 0.00000312. The zero-order valence-corrected chi connectivity index (χ0v) is 15.8. The summed E-state index contributed by atoms with van der Waals surface area (Å²) in [4.78, 5) is 12.0. The Morgan fingerprint density at radius 1 is 1.28 bits per heavy atom. The molecule has 2 N–H and O–H groups in total. The molecule has 0 saturated carbocycles. The van der Waals surface area contributed by atoms with Crippen molar-refractivity contribution >= 4 is 18.3 Å². The predicted molar refractivity (Wildman–Crippen MR) is 100.0 cm³/mol. The van der Waals surface area contributed by atoms with E-state index in [1.807, 2.05) is 32.0 Å². The molecule has 2 rings (SSSR count). The van der Waals surface area contributed by atoms with E-state index < -0.39 is 0 Å². The first-order valence-electron chi connectivity index (χ1n) is 8.69. The summed E-state index contributed by atoms with van der Waals surface area (Å²) in [6.07, 6.45) is 1.21. The van der Waals surface area contributed by atoms with Crippen molar-refractivity contribution in [3.63, 3.8) is 0 Å². The summed E-state index contributed by atoms with van der Waals surface area (Å²) < 4.78 is 16.5. The zero-order valence-electron chi connectivity index (χ0n) is 15.0. The fraction of sp³-hybridized carbons (Fsp3) is 0.611. The Morgan fingerprint density at radius 3 is 2.72 bits per heavy atom. The normalized spacial score (nSPS) is 16.6. The topological polar surface area (TPSA) is 68.8 Å². The third-order valence-electron chi connectivity index (χ3n) is 3.77. The average Bonchev–Trinajstić information content (AvgIpc) is 2.58. The van der Waals surface area contributed by atoms with Crippen LogP contribution in [-0.4, -0.2) is 51.5 Å². The highest BCUT2D eigenvalue weighted by atomic mass is 35.5. The van der Waals surface area contributed by atoms with E-state index in [-0.39, 0.29) is 24.4 Å². The Bertz CT molecular complexity index is 522. The van der Waals surface area contributed by atoms with Crippen molar-refractivity contribution in [3.8, 4) is 11.5 Å². The van der Waals surface area contributed by atoms with E-state index in [2.05, 4.69) is 10.6 Å². The molecule has 1 saturated heterocycles. The molecule has 1 unspecified atom stereocenters. The standard InChI is InChI=1S/C18H28N2O4.ClH/c1-3-23-16-6-5-14(11-17(16)24-4-2)7-8-20-18(21)12-15-13-22-10-9-19-15;/h5-6,11,15,19H,3-4,7-10,12-13H2,1-2H3,(H,20,21);1H. The second kappa shape index (κ2) is 12.0. The van der Waals surface area contributed by atoms with Gasteiger partial charge in [-0.2, -0.15) is 0 Å². The molecule has 25 heavy (non-hydrogen) atoms. The Kier molecular flexibility index (Phi) is 10.3. The van der Waals surface area contributed by atoms with Crippen molar-refractivity contribution in [1.29, 1.82) is 0 Å². The van der Waals surface area contributed by atoms with Gasteiger partial charge in [-0.15, -0.1) is 12.4 Å². The molecule has 1 aliphatic rings. The second-order valence-electron chi connectivity index (χ2n) is 5.68. The Morgan fingerprint density at radius 2 is 2.04 bits per heavy atom. The quantitative estimate of drug-likeness (QED) is 0.693. The minimum absolute atomic E-state index is 0. The number of morpholine rings is 1. The van der Waals surface area contributed by atoms with Gasteiger partial charge in [-0.1, -0.05) is 6.07 Å². The average molecular weight is 373 g/mol. The van der Waals surface area contributed by atoms with Crippen LogP contribution in [0.5, 0.6) is 11.5 Å². The smallest absolute Gasteiger partial charge is 0.221 e.